The van der Waals surface area contributed by atoms with Crippen LogP contribution in [-0.4, -0.2) is 43.2 Å². The lowest BCUT2D eigenvalue weighted by Gasteiger charge is -2.26. The monoisotopic (exact) mass is 215 g/mol. The first-order valence-corrected chi connectivity index (χ1v) is 5.86. The normalized spacial score (nSPS) is 30.4. The SMILES string of the molecule is NCC(O)(COCC1CCCO1)C1CC1. The van der Waals surface area contributed by atoms with Crippen LogP contribution in [0.1, 0.15) is 25.7 Å². The second kappa shape index (κ2) is 4.78. The summed E-state index contributed by atoms with van der Waals surface area (Å²) in [5, 5.41) is 10.1. The van der Waals surface area contributed by atoms with Crippen LogP contribution in [-0.2, 0) is 9.47 Å². The third-order valence-electron chi connectivity index (χ3n) is 3.37. The lowest BCUT2D eigenvalue weighted by atomic mass is 9.99. The third-order valence-corrected chi connectivity index (χ3v) is 3.37. The van der Waals surface area contributed by atoms with Crippen LogP contribution < -0.4 is 5.73 Å². The van der Waals surface area contributed by atoms with Crippen molar-refractivity contribution in [1.29, 1.82) is 0 Å². The second-order valence-corrected chi connectivity index (χ2v) is 4.73. The van der Waals surface area contributed by atoms with Crippen molar-refractivity contribution in [2.75, 3.05) is 26.4 Å². The van der Waals surface area contributed by atoms with Gasteiger partial charge in [-0.1, -0.05) is 0 Å². The van der Waals surface area contributed by atoms with Crippen molar-refractivity contribution >= 4 is 0 Å². The Balaban J connectivity index is 1.66. The Kier molecular flexibility index (Phi) is 3.61. The lowest BCUT2D eigenvalue weighted by molar-refractivity contribution is -0.0749. The Morgan fingerprint density at radius 1 is 1.40 bits per heavy atom. The van der Waals surface area contributed by atoms with Gasteiger partial charge in [0.05, 0.1) is 19.3 Å². The van der Waals surface area contributed by atoms with E-state index >= 15 is 0 Å². The molecule has 1 saturated carbocycles. The predicted octanol–water partition coefficient (Wildman–Crippen LogP) is 0.282. The van der Waals surface area contributed by atoms with Gasteiger partial charge in [-0.25, -0.2) is 0 Å². The first-order chi connectivity index (χ1) is 7.24. The van der Waals surface area contributed by atoms with Crippen LogP contribution >= 0.6 is 0 Å². The zero-order valence-electron chi connectivity index (χ0n) is 9.15. The highest BCUT2D eigenvalue weighted by atomic mass is 16.5. The number of hydrogen-bond acceptors (Lipinski definition) is 4. The Bertz CT molecular complexity index is 202. The van der Waals surface area contributed by atoms with E-state index in [9.17, 15) is 5.11 Å². The molecule has 0 spiro atoms. The van der Waals surface area contributed by atoms with Crippen molar-refractivity contribution in [2.45, 2.75) is 37.4 Å². The van der Waals surface area contributed by atoms with Crippen LogP contribution in [0.25, 0.3) is 0 Å². The first kappa shape index (κ1) is 11.3. The second-order valence-electron chi connectivity index (χ2n) is 4.73. The van der Waals surface area contributed by atoms with E-state index in [-0.39, 0.29) is 6.10 Å². The summed E-state index contributed by atoms with van der Waals surface area (Å²) in [6.07, 6.45) is 4.59. The van der Waals surface area contributed by atoms with Crippen molar-refractivity contribution in [3.05, 3.63) is 0 Å². The lowest BCUT2D eigenvalue weighted by Crippen LogP contribution is -2.45. The number of nitrogens with two attached hydrogens (primary N) is 1. The van der Waals surface area contributed by atoms with Crippen LogP contribution in [0.3, 0.4) is 0 Å². The van der Waals surface area contributed by atoms with Gasteiger partial charge in [-0.05, 0) is 31.6 Å². The Morgan fingerprint density at radius 2 is 2.20 bits per heavy atom. The Hall–Kier alpha value is -0.160. The number of aliphatic hydroxyl groups is 1. The van der Waals surface area contributed by atoms with Gasteiger partial charge in [-0.15, -0.1) is 0 Å². The summed E-state index contributed by atoms with van der Waals surface area (Å²) in [4.78, 5) is 0. The molecule has 3 N–H and O–H groups in total. The summed E-state index contributed by atoms with van der Waals surface area (Å²) >= 11 is 0. The smallest absolute Gasteiger partial charge is 0.103 e. The van der Waals surface area contributed by atoms with Gasteiger partial charge in [0.1, 0.15) is 5.60 Å². The van der Waals surface area contributed by atoms with Crippen molar-refractivity contribution in [1.82, 2.24) is 0 Å². The van der Waals surface area contributed by atoms with Crippen molar-refractivity contribution < 1.29 is 14.6 Å². The van der Waals surface area contributed by atoms with E-state index in [0.29, 0.717) is 25.7 Å². The summed E-state index contributed by atoms with van der Waals surface area (Å²) in [6.45, 7) is 2.09. The molecule has 0 amide bonds. The van der Waals surface area contributed by atoms with E-state index < -0.39 is 5.60 Å². The zero-order valence-corrected chi connectivity index (χ0v) is 9.15. The average molecular weight is 215 g/mol. The molecule has 0 aromatic heterocycles. The highest BCUT2D eigenvalue weighted by Gasteiger charge is 2.43. The molecule has 88 valence electrons. The molecule has 0 bridgehead atoms. The van der Waals surface area contributed by atoms with Crippen LogP contribution in [0.4, 0.5) is 0 Å². The largest absolute Gasteiger partial charge is 0.386 e. The fourth-order valence-corrected chi connectivity index (χ4v) is 2.11. The van der Waals surface area contributed by atoms with Crippen molar-refractivity contribution in [2.24, 2.45) is 11.7 Å². The van der Waals surface area contributed by atoms with Crippen molar-refractivity contribution in [3.8, 4) is 0 Å². The van der Waals surface area contributed by atoms with Gasteiger partial charge >= 0.3 is 0 Å². The van der Waals surface area contributed by atoms with Crippen LogP contribution in [0.15, 0.2) is 0 Å². The molecule has 1 aliphatic heterocycles. The number of rotatable bonds is 6. The maximum absolute atomic E-state index is 10.1. The highest BCUT2D eigenvalue weighted by molar-refractivity contribution is 4.95. The van der Waals surface area contributed by atoms with Gasteiger partial charge in [0.25, 0.3) is 0 Å². The van der Waals surface area contributed by atoms with Gasteiger partial charge in [0.2, 0.25) is 0 Å². The van der Waals surface area contributed by atoms with Gasteiger partial charge in [0.15, 0.2) is 0 Å². The van der Waals surface area contributed by atoms with Crippen LogP contribution in [0.2, 0.25) is 0 Å². The van der Waals surface area contributed by atoms with E-state index in [1.54, 1.807) is 0 Å². The van der Waals surface area contributed by atoms with Gasteiger partial charge in [0, 0.05) is 13.2 Å². The molecule has 15 heavy (non-hydrogen) atoms. The van der Waals surface area contributed by atoms with Gasteiger partial charge in [-0.2, -0.15) is 0 Å². The van der Waals surface area contributed by atoms with Crippen LogP contribution in [0, 0.1) is 5.92 Å². The van der Waals surface area contributed by atoms with E-state index in [1.807, 2.05) is 0 Å². The summed E-state index contributed by atoms with van der Waals surface area (Å²) in [5.74, 6) is 0.354. The fourth-order valence-electron chi connectivity index (χ4n) is 2.11. The minimum absolute atomic E-state index is 0.228. The summed E-state index contributed by atoms with van der Waals surface area (Å²) in [6, 6.07) is 0. The molecule has 2 atom stereocenters. The number of hydrogen-bond donors (Lipinski definition) is 2. The van der Waals surface area contributed by atoms with E-state index in [0.717, 1.165) is 32.3 Å². The van der Waals surface area contributed by atoms with Crippen LogP contribution in [0.5, 0.6) is 0 Å². The molecule has 2 rings (SSSR count). The molecule has 2 aliphatic rings. The molecule has 1 aliphatic carbocycles. The fraction of sp³-hybridized carbons (Fsp3) is 1.00. The van der Waals surface area contributed by atoms with Gasteiger partial charge < -0.3 is 20.3 Å². The van der Waals surface area contributed by atoms with Gasteiger partial charge in [-0.3, -0.25) is 0 Å². The zero-order chi connectivity index (χ0) is 10.7. The maximum atomic E-state index is 10.1. The molecule has 1 heterocycles. The Labute approximate surface area is 90.7 Å². The molecule has 2 unspecified atom stereocenters. The first-order valence-electron chi connectivity index (χ1n) is 5.86. The highest BCUT2D eigenvalue weighted by Crippen LogP contribution is 2.39. The minimum atomic E-state index is -0.793. The molecular formula is C11H21NO3. The minimum Gasteiger partial charge on any atom is -0.386 e. The summed E-state index contributed by atoms with van der Waals surface area (Å²) in [5.41, 5.74) is 4.79. The molecule has 1 saturated heterocycles. The maximum Gasteiger partial charge on any atom is 0.103 e. The Morgan fingerprint density at radius 3 is 2.73 bits per heavy atom. The van der Waals surface area contributed by atoms with E-state index in [4.69, 9.17) is 15.2 Å². The third kappa shape index (κ3) is 2.91. The molecule has 4 nitrogen and oxygen atoms in total. The van der Waals surface area contributed by atoms with E-state index in [2.05, 4.69) is 0 Å². The molecule has 2 fully saturated rings. The number of ether oxygens (including phenoxy) is 2. The van der Waals surface area contributed by atoms with Crippen molar-refractivity contribution in [3.63, 3.8) is 0 Å². The molecule has 4 heteroatoms. The average Bonchev–Trinajstić information content (AvgIpc) is 2.98. The predicted molar refractivity (Wildman–Crippen MR) is 56.5 cm³/mol. The topological polar surface area (TPSA) is 64.7 Å². The summed E-state index contributed by atoms with van der Waals surface area (Å²) < 4.78 is 11.0. The molecule has 0 radical (unpaired) electrons. The quantitative estimate of drug-likeness (QED) is 0.668. The summed E-state index contributed by atoms with van der Waals surface area (Å²) in [7, 11) is 0. The molecular weight excluding hydrogens is 194 g/mol. The van der Waals surface area contributed by atoms with E-state index in [1.165, 1.54) is 0 Å². The standard InChI is InChI=1S/C11H21NO3/c12-7-11(13,9-3-4-9)8-14-6-10-2-1-5-15-10/h9-10,13H,1-8,12H2. The molecule has 0 aromatic rings. The molecule has 0 aromatic carbocycles.